The number of rotatable bonds is 3. The maximum Gasteiger partial charge on any atom is 0.416 e. The van der Waals surface area contributed by atoms with Crippen molar-refractivity contribution in [3.8, 4) is 0 Å². The average molecular weight is 289 g/mol. The van der Waals surface area contributed by atoms with Crippen LogP contribution in [0, 0.1) is 0 Å². The fourth-order valence-corrected chi connectivity index (χ4v) is 1.87. The molecule has 0 radical (unpaired) electrons. The topological polar surface area (TPSA) is 75.1 Å². The molecule has 0 saturated carbocycles. The van der Waals surface area contributed by atoms with Crippen molar-refractivity contribution in [1.29, 1.82) is 0 Å². The zero-order valence-electron chi connectivity index (χ0n) is 9.10. The number of aromatic carboxylic acids is 1. The number of hydrogen-bond acceptors (Lipinski definition) is 5. The van der Waals surface area contributed by atoms with Crippen LogP contribution in [0.3, 0.4) is 0 Å². The Kier molecular flexibility index (Phi) is 3.38. The predicted molar refractivity (Wildman–Crippen MR) is 61.6 cm³/mol. The molecule has 19 heavy (non-hydrogen) atoms. The van der Waals surface area contributed by atoms with Crippen molar-refractivity contribution in [2.24, 2.45) is 0 Å². The van der Waals surface area contributed by atoms with E-state index in [9.17, 15) is 18.0 Å². The highest BCUT2D eigenvalue weighted by Gasteiger charge is 2.30. The van der Waals surface area contributed by atoms with Gasteiger partial charge < -0.3 is 10.4 Å². The number of carboxylic acids is 1. The molecule has 0 aliphatic heterocycles. The molecule has 9 heteroatoms. The molecule has 0 aliphatic rings. The van der Waals surface area contributed by atoms with Gasteiger partial charge in [-0.25, -0.2) is 4.79 Å². The van der Waals surface area contributed by atoms with Crippen molar-refractivity contribution in [1.82, 2.24) is 9.59 Å². The van der Waals surface area contributed by atoms with Crippen molar-refractivity contribution in [3.05, 3.63) is 35.5 Å². The summed E-state index contributed by atoms with van der Waals surface area (Å²) >= 11 is 0.807. The van der Waals surface area contributed by atoms with Gasteiger partial charge >= 0.3 is 12.1 Å². The summed E-state index contributed by atoms with van der Waals surface area (Å²) in [6.45, 7) is 0. The van der Waals surface area contributed by atoms with E-state index >= 15 is 0 Å². The molecule has 0 unspecified atom stereocenters. The second kappa shape index (κ2) is 4.84. The second-order valence-electron chi connectivity index (χ2n) is 3.46. The quantitative estimate of drug-likeness (QED) is 0.908. The number of hydrogen-bond donors (Lipinski definition) is 2. The van der Waals surface area contributed by atoms with Crippen LogP contribution in [0.25, 0.3) is 0 Å². The highest BCUT2D eigenvalue weighted by molar-refractivity contribution is 7.10. The maximum absolute atomic E-state index is 12.4. The molecule has 2 rings (SSSR count). The summed E-state index contributed by atoms with van der Waals surface area (Å²) in [6.07, 6.45) is -4.41. The Labute approximate surface area is 108 Å². The first-order valence-corrected chi connectivity index (χ1v) is 5.65. The number of carbonyl (C=O) groups is 1. The molecule has 0 bridgehead atoms. The standard InChI is InChI=1S/C10H6F3N3O2S/c11-10(12,13)5-1-3-6(4-2-5)14-8-7(9(17)18)15-16-19-8/h1-4,14H,(H,17,18). The van der Waals surface area contributed by atoms with Crippen LogP contribution < -0.4 is 5.32 Å². The Bertz CT molecular complexity index is 595. The molecule has 100 valence electrons. The zero-order valence-corrected chi connectivity index (χ0v) is 9.92. The predicted octanol–water partition coefficient (Wildman–Crippen LogP) is 3.00. The molecule has 2 aromatic rings. The van der Waals surface area contributed by atoms with Gasteiger partial charge in [0.15, 0.2) is 0 Å². The average Bonchev–Trinajstić information content (AvgIpc) is 2.77. The van der Waals surface area contributed by atoms with E-state index in [4.69, 9.17) is 5.11 Å². The lowest BCUT2D eigenvalue weighted by molar-refractivity contribution is -0.137. The summed E-state index contributed by atoms with van der Waals surface area (Å²) in [6, 6.07) is 4.21. The summed E-state index contributed by atoms with van der Waals surface area (Å²) < 4.78 is 40.5. The molecule has 0 saturated heterocycles. The van der Waals surface area contributed by atoms with Crippen LogP contribution >= 0.6 is 11.5 Å². The molecule has 1 aromatic heterocycles. The van der Waals surface area contributed by atoms with Crippen LogP contribution in [0.1, 0.15) is 16.1 Å². The Hall–Kier alpha value is -2.16. The smallest absolute Gasteiger partial charge is 0.416 e. The number of benzene rings is 1. The van der Waals surface area contributed by atoms with E-state index in [-0.39, 0.29) is 10.7 Å². The molecule has 0 aliphatic carbocycles. The highest BCUT2D eigenvalue weighted by atomic mass is 32.1. The van der Waals surface area contributed by atoms with Crippen LogP contribution in [0.15, 0.2) is 24.3 Å². The molecule has 5 nitrogen and oxygen atoms in total. The first kappa shape index (κ1) is 13.3. The molecule has 0 amide bonds. The van der Waals surface area contributed by atoms with E-state index < -0.39 is 17.7 Å². The van der Waals surface area contributed by atoms with Crippen LogP contribution in [-0.2, 0) is 6.18 Å². The SMILES string of the molecule is O=C(O)c1nnsc1Nc1ccc(C(F)(F)F)cc1. The molecule has 0 fully saturated rings. The summed E-state index contributed by atoms with van der Waals surface area (Å²) in [5, 5.41) is 15.0. The van der Waals surface area contributed by atoms with Crippen molar-refractivity contribution in [2.45, 2.75) is 6.18 Å². The van der Waals surface area contributed by atoms with Gasteiger partial charge in [-0.1, -0.05) is 4.49 Å². The summed E-state index contributed by atoms with van der Waals surface area (Å²) in [5.41, 5.74) is -0.731. The first-order chi connectivity index (χ1) is 8.88. The molecule has 0 atom stereocenters. The summed E-state index contributed by atoms with van der Waals surface area (Å²) in [4.78, 5) is 10.8. The van der Waals surface area contributed by atoms with Gasteiger partial charge in [-0.05, 0) is 24.3 Å². The van der Waals surface area contributed by atoms with Gasteiger partial charge in [-0.2, -0.15) is 13.2 Å². The van der Waals surface area contributed by atoms with Gasteiger partial charge in [-0.15, -0.1) is 5.10 Å². The fraction of sp³-hybridized carbons (Fsp3) is 0.100. The third kappa shape index (κ3) is 2.99. The Morgan fingerprint density at radius 3 is 2.42 bits per heavy atom. The number of halogens is 3. The van der Waals surface area contributed by atoms with Crippen LogP contribution in [0.4, 0.5) is 23.9 Å². The van der Waals surface area contributed by atoms with Crippen LogP contribution in [0.5, 0.6) is 0 Å². The normalized spacial score (nSPS) is 11.3. The molecule has 1 aromatic carbocycles. The third-order valence-corrected chi connectivity index (χ3v) is 2.80. The lowest BCUT2D eigenvalue weighted by Gasteiger charge is -2.08. The van der Waals surface area contributed by atoms with E-state index in [1.54, 1.807) is 0 Å². The van der Waals surface area contributed by atoms with Crippen LogP contribution in [-0.4, -0.2) is 20.7 Å². The van der Waals surface area contributed by atoms with Crippen LogP contribution in [0.2, 0.25) is 0 Å². The summed E-state index contributed by atoms with van der Waals surface area (Å²) in [7, 11) is 0. The van der Waals surface area contributed by atoms with Gasteiger partial charge in [0.05, 0.1) is 5.56 Å². The number of alkyl halides is 3. The molecular formula is C10H6F3N3O2S. The van der Waals surface area contributed by atoms with E-state index in [0.717, 1.165) is 23.7 Å². The molecule has 0 spiro atoms. The molecule has 2 N–H and O–H groups in total. The van der Waals surface area contributed by atoms with E-state index in [2.05, 4.69) is 14.9 Å². The Morgan fingerprint density at radius 1 is 1.26 bits per heavy atom. The minimum atomic E-state index is -4.41. The number of nitrogens with zero attached hydrogens (tertiary/aromatic N) is 2. The number of nitrogens with one attached hydrogen (secondary N) is 1. The molecule has 1 heterocycles. The maximum atomic E-state index is 12.4. The molecular weight excluding hydrogens is 283 g/mol. The number of carboxylic acid groups (broad SMARTS) is 1. The minimum absolute atomic E-state index is 0.159. The van der Waals surface area contributed by atoms with Gasteiger partial charge in [0.25, 0.3) is 0 Å². The fourth-order valence-electron chi connectivity index (χ4n) is 1.29. The van der Waals surface area contributed by atoms with Gasteiger partial charge in [-0.3, -0.25) is 0 Å². The van der Waals surface area contributed by atoms with E-state index in [0.29, 0.717) is 5.69 Å². The van der Waals surface area contributed by atoms with Gasteiger partial charge in [0.1, 0.15) is 5.00 Å². The highest BCUT2D eigenvalue weighted by Crippen LogP contribution is 2.31. The van der Waals surface area contributed by atoms with Gasteiger partial charge in [0, 0.05) is 17.2 Å². The van der Waals surface area contributed by atoms with Gasteiger partial charge in [0.2, 0.25) is 5.69 Å². The Balaban J connectivity index is 2.20. The van der Waals surface area contributed by atoms with Crippen molar-refractivity contribution >= 4 is 28.2 Å². The summed E-state index contributed by atoms with van der Waals surface area (Å²) in [5.74, 6) is -1.26. The number of aromatic nitrogens is 2. The van der Waals surface area contributed by atoms with E-state index in [1.807, 2.05) is 0 Å². The minimum Gasteiger partial charge on any atom is -0.476 e. The van der Waals surface area contributed by atoms with Crippen molar-refractivity contribution in [3.63, 3.8) is 0 Å². The second-order valence-corrected chi connectivity index (χ2v) is 4.21. The zero-order chi connectivity index (χ0) is 14.0. The van der Waals surface area contributed by atoms with Crippen molar-refractivity contribution < 1.29 is 23.1 Å². The monoisotopic (exact) mass is 289 g/mol. The number of anilines is 2. The third-order valence-electron chi connectivity index (χ3n) is 2.16. The Morgan fingerprint density at radius 2 is 1.89 bits per heavy atom. The van der Waals surface area contributed by atoms with E-state index in [1.165, 1.54) is 12.1 Å². The van der Waals surface area contributed by atoms with Crippen molar-refractivity contribution in [2.75, 3.05) is 5.32 Å². The first-order valence-electron chi connectivity index (χ1n) is 4.88. The largest absolute Gasteiger partial charge is 0.476 e. The lowest BCUT2D eigenvalue weighted by atomic mass is 10.2. The lowest BCUT2D eigenvalue weighted by Crippen LogP contribution is -2.05.